The summed E-state index contributed by atoms with van der Waals surface area (Å²) in [5.41, 5.74) is 7.99. The fourth-order valence-electron chi connectivity index (χ4n) is 3.06. The van der Waals surface area contributed by atoms with Gasteiger partial charge in [-0.2, -0.15) is 0 Å². The summed E-state index contributed by atoms with van der Waals surface area (Å²) in [6.45, 7) is 0. The number of carbonyl (C=O) groups excluding carboxylic acids is 2. The number of ketones is 1. The first-order valence-electron chi connectivity index (χ1n) is 9.21. The molecule has 1 heterocycles. The zero-order chi connectivity index (χ0) is 21.1. The van der Waals surface area contributed by atoms with Crippen molar-refractivity contribution in [3.05, 3.63) is 101 Å². The van der Waals surface area contributed by atoms with Crippen LogP contribution >= 0.6 is 0 Å². The molecule has 0 radical (unpaired) electrons. The molecule has 0 aliphatic carbocycles. The number of nitrogens with zero attached hydrogens (tertiary/aromatic N) is 1. The molecular weight excluding hydrogens is 380 g/mol. The Balaban J connectivity index is 1.74. The third-order valence-corrected chi connectivity index (χ3v) is 4.62. The molecule has 0 atom stereocenters. The molecule has 1 aromatic heterocycles. The number of hydrogen-bond acceptors (Lipinski definition) is 5. The summed E-state index contributed by atoms with van der Waals surface area (Å²) in [4.78, 5) is 28.9. The molecule has 6 heteroatoms. The summed E-state index contributed by atoms with van der Waals surface area (Å²) < 4.78 is 11.0. The monoisotopic (exact) mass is 398 g/mol. The Kier molecular flexibility index (Phi) is 5.13. The van der Waals surface area contributed by atoms with E-state index in [-0.39, 0.29) is 16.9 Å². The van der Waals surface area contributed by atoms with E-state index in [4.69, 9.17) is 14.9 Å². The first-order chi connectivity index (χ1) is 14.5. The molecule has 0 fully saturated rings. The standard InChI is InChI=1S/C24H18N2O4/c1-29-19-11-12-21-17(13-19)14-20(23(25)28)24(30-21)26-18-9-7-16(8-10-18)22(27)15-5-3-2-4-6-15/h2-14H,1H3,(H2,25,28). The van der Waals surface area contributed by atoms with E-state index in [1.165, 1.54) is 0 Å². The van der Waals surface area contributed by atoms with Gasteiger partial charge >= 0.3 is 0 Å². The average Bonchev–Trinajstić information content (AvgIpc) is 2.78. The van der Waals surface area contributed by atoms with Gasteiger partial charge in [-0.1, -0.05) is 30.3 Å². The quantitative estimate of drug-likeness (QED) is 0.514. The summed E-state index contributed by atoms with van der Waals surface area (Å²) in [5.74, 6) is -0.0982. The van der Waals surface area contributed by atoms with Gasteiger partial charge in [0.15, 0.2) is 5.78 Å². The number of amides is 1. The van der Waals surface area contributed by atoms with Crippen LogP contribution in [0.3, 0.4) is 0 Å². The molecule has 0 unspecified atom stereocenters. The zero-order valence-electron chi connectivity index (χ0n) is 16.2. The fourth-order valence-corrected chi connectivity index (χ4v) is 3.06. The number of hydrogen-bond donors (Lipinski definition) is 1. The van der Waals surface area contributed by atoms with Crippen molar-refractivity contribution in [1.82, 2.24) is 0 Å². The number of fused-ring (bicyclic) bond motifs is 1. The Bertz CT molecular complexity index is 1310. The van der Waals surface area contributed by atoms with Gasteiger partial charge < -0.3 is 14.9 Å². The molecule has 0 bridgehead atoms. The molecule has 0 spiro atoms. The van der Waals surface area contributed by atoms with Crippen LogP contribution in [0.2, 0.25) is 0 Å². The minimum atomic E-state index is -0.655. The minimum Gasteiger partial charge on any atom is -0.497 e. The average molecular weight is 398 g/mol. The molecule has 0 aliphatic rings. The van der Waals surface area contributed by atoms with Gasteiger partial charge in [-0.15, -0.1) is 0 Å². The lowest BCUT2D eigenvalue weighted by Crippen LogP contribution is -2.21. The zero-order valence-corrected chi connectivity index (χ0v) is 16.2. The molecule has 1 amide bonds. The van der Waals surface area contributed by atoms with Crippen LogP contribution < -0.4 is 16.0 Å². The van der Waals surface area contributed by atoms with E-state index in [2.05, 4.69) is 4.99 Å². The Morgan fingerprint density at radius 2 is 1.60 bits per heavy atom. The third kappa shape index (κ3) is 3.84. The number of primary amides is 1. The summed E-state index contributed by atoms with van der Waals surface area (Å²) in [5, 5.41) is 0.672. The molecular formula is C24H18N2O4. The van der Waals surface area contributed by atoms with Crippen molar-refractivity contribution in [3.8, 4) is 5.75 Å². The molecule has 0 saturated carbocycles. The number of carbonyl (C=O) groups is 2. The van der Waals surface area contributed by atoms with Crippen molar-refractivity contribution in [3.63, 3.8) is 0 Å². The van der Waals surface area contributed by atoms with Gasteiger partial charge in [0, 0.05) is 16.5 Å². The minimum absolute atomic E-state index is 0.0793. The van der Waals surface area contributed by atoms with Crippen LogP contribution in [0.15, 0.2) is 88.3 Å². The summed E-state index contributed by atoms with van der Waals surface area (Å²) in [6.07, 6.45) is 0. The van der Waals surface area contributed by atoms with Crippen LogP contribution in [0.4, 0.5) is 5.69 Å². The van der Waals surface area contributed by atoms with Crippen molar-refractivity contribution in [1.29, 1.82) is 0 Å². The lowest BCUT2D eigenvalue weighted by Gasteiger charge is -2.05. The van der Waals surface area contributed by atoms with E-state index in [9.17, 15) is 9.59 Å². The Morgan fingerprint density at radius 3 is 2.27 bits per heavy atom. The molecule has 148 valence electrons. The highest BCUT2D eigenvalue weighted by atomic mass is 16.5. The van der Waals surface area contributed by atoms with Crippen molar-refractivity contribution >= 4 is 28.3 Å². The van der Waals surface area contributed by atoms with Crippen LogP contribution in [0.1, 0.15) is 26.3 Å². The fraction of sp³-hybridized carbons (Fsp3) is 0.0417. The normalized spacial score (nSPS) is 11.4. The second-order valence-electron chi connectivity index (χ2n) is 6.59. The van der Waals surface area contributed by atoms with E-state index >= 15 is 0 Å². The third-order valence-electron chi connectivity index (χ3n) is 4.62. The number of nitrogens with two attached hydrogens (primary N) is 1. The van der Waals surface area contributed by atoms with Gasteiger partial charge in [0.1, 0.15) is 16.9 Å². The highest BCUT2D eigenvalue weighted by Crippen LogP contribution is 2.21. The van der Waals surface area contributed by atoms with Crippen molar-refractivity contribution < 1.29 is 18.7 Å². The van der Waals surface area contributed by atoms with Crippen LogP contribution in [-0.2, 0) is 0 Å². The van der Waals surface area contributed by atoms with Crippen molar-refractivity contribution in [2.24, 2.45) is 10.7 Å². The summed E-state index contributed by atoms with van der Waals surface area (Å²) in [6, 6.07) is 22.6. The maximum atomic E-state index is 12.5. The predicted molar refractivity (Wildman–Crippen MR) is 113 cm³/mol. The van der Waals surface area contributed by atoms with Gasteiger partial charge in [0.2, 0.25) is 5.55 Å². The second-order valence-corrected chi connectivity index (χ2v) is 6.59. The lowest BCUT2D eigenvalue weighted by molar-refractivity contribution is 0.0995. The smallest absolute Gasteiger partial charge is 0.254 e. The maximum absolute atomic E-state index is 12.5. The second kappa shape index (κ2) is 8.05. The van der Waals surface area contributed by atoms with E-state index in [1.54, 1.807) is 67.8 Å². The molecule has 0 aliphatic heterocycles. The van der Waals surface area contributed by atoms with Crippen LogP contribution in [0, 0.1) is 0 Å². The van der Waals surface area contributed by atoms with Gasteiger partial charge in [-0.25, -0.2) is 4.99 Å². The number of methoxy groups -OCH3 is 1. The Hall–Kier alpha value is -4.19. The highest BCUT2D eigenvalue weighted by molar-refractivity contribution is 6.09. The van der Waals surface area contributed by atoms with Gasteiger partial charge in [0.25, 0.3) is 5.91 Å². The summed E-state index contributed by atoms with van der Waals surface area (Å²) >= 11 is 0. The van der Waals surface area contributed by atoms with Gasteiger partial charge in [-0.05, 0) is 48.5 Å². The van der Waals surface area contributed by atoms with Crippen molar-refractivity contribution in [2.75, 3.05) is 7.11 Å². The van der Waals surface area contributed by atoms with E-state index in [1.807, 2.05) is 18.2 Å². The first kappa shape index (κ1) is 19.1. The lowest BCUT2D eigenvalue weighted by atomic mass is 10.0. The molecule has 4 rings (SSSR count). The highest BCUT2D eigenvalue weighted by Gasteiger charge is 2.11. The Labute approximate surface area is 172 Å². The van der Waals surface area contributed by atoms with Crippen LogP contribution in [0.5, 0.6) is 5.75 Å². The molecule has 30 heavy (non-hydrogen) atoms. The topological polar surface area (TPSA) is 94.9 Å². The Morgan fingerprint density at radius 1 is 0.900 bits per heavy atom. The van der Waals surface area contributed by atoms with Crippen molar-refractivity contribution in [2.45, 2.75) is 0 Å². The summed E-state index contributed by atoms with van der Waals surface area (Å²) in [7, 11) is 1.56. The van der Waals surface area contributed by atoms with E-state index in [0.717, 1.165) is 0 Å². The number of rotatable bonds is 5. The maximum Gasteiger partial charge on any atom is 0.254 e. The molecule has 4 aromatic rings. The molecule has 2 N–H and O–H groups in total. The van der Waals surface area contributed by atoms with Gasteiger partial charge in [-0.3, -0.25) is 9.59 Å². The largest absolute Gasteiger partial charge is 0.497 e. The predicted octanol–water partition coefficient (Wildman–Crippen LogP) is 4.00. The SMILES string of the molecule is COc1ccc2oc(=Nc3ccc(C(=O)c4ccccc4)cc3)c(C(N)=O)cc2c1. The van der Waals surface area contributed by atoms with E-state index in [0.29, 0.717) is 33.5 Å². The van der Waals surface area contributed by atoms with Crippen LogP contribution in [-0.4, -0.2) is 18.8 Å². The molecule has 3 aromatic carbocycles. The van der Waals surface area contributed by atoms with E-state index < -0.39 is 5.91 Å². The van der Waals surface area contributed by atoms with Gasteiger partial charge in [0.05, 0.1) is 12.8 Å². The molecule has 6 nitrogen and oxygen atoms in total. The number of benzene rings is 3. The number of ether oxygens (including phenoxy) is 1. The van der Waals surface area contributed by atoms with Crippen LogP contribution in [0.25, 0.3) is 11.0 Å². The molecule has 0 saturated heterocycles. The first-order valence-corrected chi connectivity index (χ1v) is 9.21.